The molecule has 0 amide bonds. The molecule has 0 aromatic carbocycles. The largest absolute Gasteiger partial charge is 0.317 e. The van der Waals surface area contributed by atoms with Crippen molar-refractivity contribution in [1.82, 2.24) is 5.32 Å². The summed E-state index contributed by atoms with van der Waals surface area (Å²) in [5.41, 5.74) is 0. The van der Waals surface area contributed by atoms with Gasteiger partial charge in [-0.3, -0.25) is 0 Å². The maximum Gasteiger partial charge on any atom is -0.00206 e. The average Bonchev–Trinajstić information content (AvgIpc) is 2.24. The average molecular weight is 211 g/mol. The molecule has 1 aliphatic carbocycles. The normalized spacial score (nSPS) is 31.2. The lowest BCUT2D eigenvalue weighted by atomic mass is 9.72. The highest BCUT2D eigenvalue weighted by atomic mass is 14.8. The van der Waals surface area contributed by atoms with Gasteiger partial charge < -0.3 is 5.32 Å². The molecule has 0 spiro atoms. The Hall–Kier alpha value is -0.0400. The van der Waals surface area contributed by atoms with Gasteiger partial charge >= 0.3 is 0 Å². The predicted octanol–water partition coefficient (Wildman–Crippen LogP) is 3.69. The fourth-order valence-corrected chi connectivity index (χ4v) is 2.98. The van der Waals surface area contributed by atoms with Crippen LogP contribution in [0.4, 0.5) is 0 Å². The van der Waals surface area contributed by atoms with E-state index in [2.05, 4.69) is 33.0 Å². The summed E-state index contributed by atoms with van der Waals surface area (Å²) in [5.74, 6) is 3.69. The second kappa shape index (κ2) is 6.52. The van der Waals surface area contributed by atoms with Crippen LogP contribution in [0.15, 0.2) is 0 Å². The Balaban J connectivity index is 2.33. The van der Waals surface area contributed by atoms with E-state index in [9.17, 15) is 0 Å². The van der Waals surface area contributed by atoms with Gasteiger partial charge in [-0.15, -0.1) is 0 Å². The Morgan fingerprint density at radius 2 is 2.00 bits per heavy atom. The van der Waals surface area contributed by atoms with Crippen LogP contribution in [0.5, 0.6) is 0 Å². The van der Waals surface area contributed by atoms with E-state index in [0.29, 0.717) is 0 Å². The minimum atomic E-state index is 0.834. The smallest absolute Gasteiger partial charge is 0.00206 e. The summed E-state index contributed by atoms with van der Waals surface area (Å²) in [6.07, 6.45) is 5.87. The molecule has 0 saturated heterocycles. The summed E-state index contributed by atoms with van der Waals surface area (Å²) < 4.78 is 0. The van der Waals surface area contributed by atoms with Gasteiger partial charge in [-0.05, 0) is 43.2 Å². The maximum atomic E-state index is 3.48. The first-order chi connectivity index (χ1) is 7.15. The zero-order valence-corrected chi connectivity index (χ0v) is 11.1. The van der Waals surface area contributed by atoms with Gasteiger partial charge in [-0.2, -0.15) is 0 Å². The van der Waals surface area contributed by atoms with Gasteiger partial charge in [0.25, 0.3) is 0 Å². The molecule has 0 heterocycles. The lowest BCUT2D eigenvalue weighted by Crippen LogP contribution is -2.30. The number of rotatable bonds is 5. The van der Waals surface area contributed by atoms with Crippen LogP contribution in [0.3, 0.4) is 0 Å². The van der Waals surface area contributed by atoms with Gasteiger partial charge in [0.05, 0.1) is 0 Å². The molecule has 0 bridgehead atoms. The van der Waals surface area contributed by atoms with Gasteiger partial charge in [-0.25, -0.2) is 0 Å². The van der Waals surface area contributed by atoms with E-state index in [1.807, 2.05) is 0 Å². The Bertz CT molecular complexity index is 167. The molecule has 15 heavy (non-hydrogen) atoms. The number of hydrogen-bond acceptors (Lipinski definition) is 1. The summed E-state index contributed by atoms with van der Waals surface area (Å²) in [6.45, 7) is 11.8. The molecule has 1 fully saturated rings. The molecule has 0 aromatic heterocycles. The van der Waals surface area contributed by atoms with Gasteiger partial charge in [-0.1, -0.05) is 47.0 Å². The van der Waals surface area contributed by atoms with Crippen molar-refractivity contribution in [2.45, 2.75) is 53.4 Å². The van der Waals surface area contributed by atoms with Crippen molar-refractivity contribution in [3.05, 3.63) is 0 Å². The lowest BCUT2D eigenvalue weighted by molar-refractivity contribution is 0.170. The van der Waals surface area contributed by atoms with Crippen molar-refractivity contribution in [1.29, 1.82) is 0 Å². The number of nitrogens with one attached hydrogen (secondary N) is 1. The quantitative estimate of drug-likeness (QED) is 0.731. The molecule has 1 rings (SSSR count). The van der Waals surface area contributed by atoms with Gasteiger partial charge in [0.15, 0.2) is 0 Å². The fraction of sp³-hybridized carbons (Fsp3) is 1.00. The zero-order chi connectivity index (χ0) is 11.3. The van der Waals surface area contributed by atoms with Crippen LogP contribution in [-0.4, -0.2) is 13.1 Å². The van der Waals surface area contributed by atoms with Crippen molar-refractivity contribution < 1.29 is 0 Å². The zero-order valence-electron chi connectivity index (χ0n) is 11.1. The first kappa shape index (κ1) is 13.0. The molecule has 0 aliphatic heterocycles. The van der Waals surface area contributed by atoms with Gasteiger partial charge in [0.1, 0.15) is 0 Å². The second-order valence-corrected chi connectivity index (χ2v) is 5.68. The third-order valence-electron chi connectivity index (χ3n) is 4.33. The molecule has 0 aromatic rings. The van der Waals surface area contributed by atoms with Crippen LogP contribution in [-0.2, 0) is 0 Å². The Morgan fingerprint density at radius 3 is 2.60 bits per heavy atom. The van der Waals surface area contributed by atoms with Crippen LogP contribution in [0, 0.1) is 23.7 Å². The van der Waals surface area contributed by atoms with Crippen LogP contribution in [0.1, 0.15) is 53.4 Å². The second-order valence-electron chi connectivity index (χ2n) is 5.68. The summed E-state index contributed by atoms with van der Waals surface area (Å²) >= 11 is 0. The summed E-state index contributed by atoms with van der Waals surface area (Å²) in [5, 5.41) is 3.48. The van der Waals surface area contributed by atoms with E-state index in [1.165, 1.54) is 32.2 Å². The Kier molecular flexibility index (Phi) is 5.66. The molecule has 1 heteroatoms. The summed E-state index contributed by atoms with van der Waals surface area (Å²) in [6, 6.07) is 0. The molecule has 4 unspecified atom stereocenters. The molecule has 1 aliphatic rings. The van der Waals surface area contributed by atoms with Crippen LogP contribution < -0.4 is 5.32 Å². The monoisotopic (exact) mass is 211 g/mol. The highest BCUT2D eigenvalue weighted by molar-refractivity contribution is 4.78. The first-order valence-corrected chi connectivity index (χ1v) is 6.85. The third kappa shape index (κ3) is 4.14. The molecule has 4 atom stereocenters. The van der Waals surface area contributed by atoms with Crippen molar-refractivity contribution in [2.75, 3.05) is 13.1 Å². The Labute approximate surface area is 96.0 Å². The molecule has 1 saturated carbocycles. The molecule has 1 nitrogen and oxygen atoms in total. The first-order valence-electron chi connectivity index (χ1n) is 6.85. The molecular weight excluding hydrogens is 182 g/mol. The van der Waals surface area contributed by atoms with E-state index in [1.54, 1.807) is 0 Å². The molecule has 90 valence electrons. The van der Waals surface area contributed by atoms with Crippen molar-refractivity contribution in [3.63, 3.8) is 0 Å². The minimum Gasteiger partial charge on any atom is -0.317 e. The SMILES string of the molecule is CCNCC(C)C(C)C1CCCC(C)C1. The Morgan fingerprint density at radius 1 is 1.27 bits per heavy atom. The topological polar surface area (TPSA) is 12.0 Å². The minimum absolute atomic E-state index is 0.834. The highest BCUT2D eigenvalue weighted by Crippen LogP contribution is 2.36. The van der Waals surface area contributed by atoms with Gasteiger partial charge in [0, 0.05) is 0 Å². The van der Waals surface area contributed by atoms with E-state index in [-0.39, 0.29) is 0 Å². The van der Waals surface area contributed by atoms with Crippen LogP contribution in [0.25, 0.3) is 0 Å². The molecule has 1 N–H and O–H groups in total. The van der Waals surface area contributed by atoms with Crippen molar-refractivity contribution >= 4 is 0 Å². The van der Waals surface area contributed by atoms with E-state index in [4.69, 9.17) is 0 Å². The third-order valence-corrected chi connectivity index (χ3v) is 4.33. The predicted molar refractivity (Wildman–Crippen MR) is 68.0 cm³/mol. The van der Waals surface area contributed by atoms with E-state index in [0.717, 1.165) is 30.2 Å². The standard InChI is InChI=1S/C14H29N/c1-5-15-10-12(3)13(4)14-8-6-7-11(2)9-14/h11-15H,5-10H2,1-4H3. The maximum absolute atomic E-state index is 3.48. The van der Waals surface area contributed by atoms with E-state index >= 15 is 0 Å². The summed E-state index contributed by atoms with van der Waals surface area (Å²) in [4.78, 5) is 0. The molecular formula is C14H29N. The van der Waals surface area contributed by atoms with Crippen molar-refractivity contribution in [3.8, 4) is 0 Å². The fourth-order valence-electron chi connectivity index (χ4n) is 2.98. The summed E-state index contributed by atoms with van der Waals surface area (Å²) in [7, 11) is 0. The lowest BCUT2D eigenvalue weighted by Gasteiger charge is -2.34. The molecule has 0 radical (unpaired) electrons. The van der Waals surface area contributed by atoms with Gasteiger partial charge in [0.2, 0.25) is 0 Å². The van der Waals surface area contributed by atoms with Crippen LogP contribution in [0.2, 0.25) is 0 Å². The van der Waals surface area contributed by atoms with Crippen molar-refractivity contribution in [2.24, 2.45) is 23.7 Å². The highest BCUT2D eigenvalue weighted by Gasteiger charge is 2.26. The number of hydrogen-bond donors (Lipinski definition) is 1. The van der Waals surface area contributed by atoms with E-state index < -0.39 is 0 Å². The van der Waals surface area contributed by atoms with Crippen LogP contribution >= 0.6 is 0 Å².